The third-order valence-corrected chi connectivity index (χ3v) is 4.38. The van der Waals surface area contributed by atoms with Crippen molar-refractivity contribution in [3.8, 4) is 0 Å². The molecule has 4 rings (SSSR count). The molecule has 150 valence electrons. The maximum atomic E-state index is 12.8. The number of amides is 1. The number of carbonyl (C=O) groups is 1. The van der Waals surface area contributed by atoms with E-state index in [-0.39, 0.29) is 17.8 Å². The van der Waals surface area contributed by atoms with Gasteiger partial charge < -0.3 is 25.8 Å². The van der Waals surface area contributed by atoms with E-state index in [2.05, 4.69) is 31.1 Å². The smallest absolute Gasteiger partial charge is 0.317 e. The third kappa shape index (κ3) is 3.81. The second-order valence-corrected chi connectivity index (χ2v) is 6.37. The molecule has 0 saturated heterocycles. The lowest BCUT2D eigenvalue weighted by molar-refractivity contribution is -0.116. The Balaban J connectivity index is 1.70. The van der Waals surface area contributed by atoms with Crippen LogP contribution in [-0.4, -0.2) is 41.2 Å². The van der Waals surface area contributed by atoms with Gasteiger partial charge in [-0.15, -0.1) is 5.10 Å². The number of anilines is 2. The predicted octanol–water partition coefficient (Wildman–Crippen LogP) is 2.51. The van der Waals surface area contributed by atoms with E-state index in [1.54, 1.807) is 13.2 Å². The molecule has 30 heavy (non-hydrogen) atoms. The van der Waals surface area contributed by atoms with E-state index >= 15 is 0 Å². The first-order valence-electron chi connectivity index (χ1n) is 9.21. The summed E-state index contributed by atoms with van der Waals surface area (Å²) in [5.41, 5.74) is 3.43. The van der Waals surface area contributed by atoms with E-state index in [0.717, 1.165) is 17.3 Å². The molecule has 2 heterocycles. The Morgan fingerprint density at radius 2 is 1.90 bits per heavy atom. The molecular weight excluding hydrogens is 382 g/mol. The zero-order valence-corrected chi connectivity index (χ0v) is 16.1. The van der Waals surface area contributed by atoms with E-state index in [9.17, 15) is 4.79 Å². The Bertz CT molecular complexity index is 1140. The number of fused-ring (bicyclic) bond motifs is 1. The number of carbonyl (C=O) groups excluding carboxylic acids is 1. The van der Waals surface area contributed by atoms with Gasteiger partial charge in [0.1, 0.15) is 0 Å². The van der Waals surface area contributed by atoms with E-state index < -0.39 is 6.17 Å². The van der Waals surface area contributed by atoms with Crippen molar-refractivity contribution in [3.05, 3.63) is 77.8 Å². The summed E-state index contributed by atoms with van der Waals surface area (Å²) in [4.78, 5) is 17.5. The molecule has 9 heteroatoms. The molecule has 1 aliphatic heterocycles. The molecule has 1 atom stereocenters. The number of nitrogens with one attached hydrogen (secondary N) is 4. The number of aliphatic imine (C=N–C) groups is 1. The van der Waals surface area contributed by atoms with Crippen LogP contribution < -0.4 is 16.0 Å². The first-order valence-corrected chi connectivity index (χ1v) is 9.21. The number of hydrogen-bond donors (Lipinski definition) is 4. The Kier molecular flexibility index (Phi) is 5.33. The Morgan fingerprint density at radius 1 is 1.13 bits per heavy atom. The molecule has 2 aromatic carbocycles. The molecule has 1 aromatic heterocycles. The minimum Gasteiger partial charge on any atom is -0.403 e. The molecule has 0 bridgehead atoms. The fourth-order valence-electron chi connectivity index (χ4n) is 3.02. The number of para-hydroxylation sites is 1. The summed E-state index contributed by atoms with van der Waals surface area (Å²) in [6.07, 6.45) is 1.66. The van der Waals surface area contributed by atoms with Crippen molar-refractivity contribution in [1.82, 2.24) is 15.5 Å². The monoisotopic (exact) mass is 401 g/mol. The number of allylic oxidation sites excluding steroid dienone is 1. The normalized spacial score (nSPS) is 16.0. The van der Waals surface area contributed by atoms with E-state index in [1.807, 2.05) is 54.6 Å². The van der Waals surface area contributed by atoms with Crippen molar-refractivity contribution in [2.75, 3.05) is 17.7 Å². The van der Waals surface area contributed by atoms with Crippen LogP contribution in [0.25, 0.3) is 5.57 Å². The lowest BCUT2D eigenvalue weighted by atomic mass is 10.0. The SMILES string of the molecule is CN/C=C(\C=N)c1nnc(NC2N=C(c3ccccc3)c3ccccc3NC2=O)o1. The molecule has 1 aliphatic rings. The fraction of sp³-hybridized carbons (Fsp3) is 0.0952. The van der Waals surface area contributed by atoms with Gasteiger partial charge in [0.25, 0.3) is 11.8 Å². The Hall–Kier alpha value is -4.27. The van der Waals surface area contributed by atoms with Crippen molar-refractivity contribution in [2.24, 2.45) is 4.99 Å². The lowest BCUT2D eigenvalue weighted by Gasteiger charge is -2.11. The maximum absolute atomic E-state index is 12.8. The molecule has 0 fully saturated rings. The van der Waals surface area contributed by atoms with Gasteiger partial charge in [0.05, 0.1) is 17.0 Å². The molecule has 4 N–H and O–H groups in total. The standard InChI is InChI=1S/C21H19N7O2/c1-23-12-14(11-22)20-27-28-21(30-20)26-18-19(29)24-16-10-6-5-9-15(16)17(25-18)13-7-3-2-4-8-13/h2-12,18,22-23H,1H3,(H,24,29)(H,26,28)/b14-12+,22-11?. The summed E-state index contributed by atoms with van der Waals surface area (Å²) < 4.78 is 5.56. The number of rotatable bonds is 6. The van der Waals surface area contributed by atoms with Gasteiger partial charge in [0.2, 0.25) is 6.17 Å². The largest absolute Gasteiger partial charge is 0.403 e. The van der Waals surface area contributed by atoms with Gasteiger partial charge in [-0.1, -0.05) is 53.6 Å². The van der Waals surface area contributed by atoms with Crippen LogP contribution in [0.2, 0.25) is 0 Å². The van der Waals surface area contributed by atoms with Gasteiger partial charge in [-0.05, 0) is 6.07 Å². The van der Waals surface area contributed by atoms with E-state index in [4.69, 9.17) is 9.83 Å². The average molecular weight is 401 g/mol. The van der Waals surface area contributed by atoms with Crippen LogP contribution in [0.15, 0.2) is 70.2 Å². The molecule has 0 saturated carbocycles. The van der Waals surface area contributed by atoms with Gasteiger partial charge in [0.15, 0.2) is 0 Å². The average Bonchev–Trinajstić information content (AvgIpc) is 3.18. The highest BCUT2D eigenvalue weighted by atomic mass is 16.4. The van der Waals surface area contributed by atoms with E-state index in [0.29, 0.717) is 17.0 Å². The third-order valence-electron chi connectivity index (χ3n) is 4.38. The van der Waals surface area contributed by atoms with Crippen LogP contribution >= 0.6 is 0 Å². The second kappa shape index (κ2) is 8.39. The van der Waals surface area contributed by atoms with Crippen LogP contribution in [0, 0.1) is 5.41 Å². The molecule has 0 radical (unpaired) electrons. The highest BCUT2D eigenvalue weighted by molar-refractivity contribution is 6.19. The number of benzodiazepines with no additional fused rings is 1. The molecule has 1 amide bonds. The lowest BCUT2D eigenvalue weighted by Crippen LogP contribution is -2.32. The molecular formula is C21H19N7O2. The van der Waals surface area contributed by atoms with Gasteiger partial charge in [-0.2, -0.15) is 0 Å². The number of aromatic nitrogens is 2. The van der Waals surface area contributed by atoms with Crippen LogP contribution in [0.4, 0.5) is 11.7 Å². The van der Waals surface area contributed by atoms with Crippen molar-refractivity contribution < 1.29 is 9.21 Å². The minimum absolute atomic E-state index is 0.0242. The second-order valence-electron chi connectivity index (χ2n) is 6.37. The first kappa shape index (κ1) is 19.1. The summed E-state index contributed by atoms with van der Waals surface area (Å²) >= 11 is 0. The van der Waals surface area contributed by atoms with Gasteiger partial charge >= 0.3 is 6.01 Å². The van der Waals surface area contributed by atoms with Crippen LogP contribution in [-0.2, 0) is 4.79 Å². The van der Waals surface area contributed by atoms with Crippen molar-refractivity contribution in [1.29, 1.82) is 5.41 Å². The van der Waals surface area contributed by atoms with Crippen molar-refractivity contribution >= 4 is 35.1 Å². The predicted molar refractivity (Wildman–Crippen MR) is 115 cm³/mol. The summed E-state index contributed by atoms with van der Waals surface area (Å²) in [6, 6.07) is 17.1. The minimum atomic E-state index is -0.988. The zero-order chi connectivity index (χ0) is 20.9. The zero-order valence-electron chi connectivity index (χ0n) is 16.1. The number of benzene rings is 2. The molecule has 0 spiro atoms. The number of hydrogen-bond acceptors (Lipinski definition) is 8. The van der Waals surface area contributed by atoms with Crippen LogP contribution in [0.5, 0.6) is 0 Å². The molecule has 3 aromatic rings. The summed E-state index contributed by atoms with van der Waals surface area (Å²) in [7, 11) is 1.70. The molecule has 0 aliphatic carbocycles. The first-order chi connectivity index (χ1) is 14.7. The Labute approximate surface area is 172 Å². The van der Waals surface area contributed by atoms with Crippen molar-refractivity contribution in [2.45, 2.75) is 6.17 Å². The van der Waals surface area contributed by atoms with Crippen molar-refractivity contribution in [3.63, 3.8) is 0 Å². The van der Waals surface area contributed by atoms with E-state index in [1.165, 1.54) is 0 Å². The highest BCUT2D eigenvalue weighted by Gasteiger charge is 2.27. The van der Waals surface area contributed by atoms with Gasteiger partial charge in [0, 0.05) is 30.6 Å². The number of nitrogens with zero attached hydrogens (tertiary/aromatic N) is 3. The highest BCUT2D eigenvalue weighted by Crippen LogP contribution is 2.25. The summed E-state index contributed by atoms with van der Waals surface area (Å²) in [5, 5.41) is 23.9. The topological polar surface area (TPSA) is 128 Å². The van der Waals surface area contributed by atoms with Crippen LogP contribution in [0.3, 0.4) is 0 Å². The summed E-state index contributed by atoms with van der Waals surface area (Å²) in [5.74, 6) is -0.211. The van der Waals surface area contributed by atoms with Gasteiger partial charge in [-0.25, -0.2) is 4.99 Å². The molecule has 1 unspecified atom stereocenters. The molecule has 9 nitrogen and oxygen atoms in total. The van der Waals surface area contributed by atoms with Crippen LogP contribution in [0.1, 0.15) is 17.0 Å². The van der Waals surface area contributed by atoms with Gasteiger partial charge in [-0.3, -0.25) is 4.79 Å². The fourth-order valence-corrected chi connectivity index (χ4v) is 3.02. The quantitative estimate of drug-likeness (QED) is 0.470. The maximum Gasteiger partial charge on any atom is 0.317 e. The Morgan fingerprint density at radius 3 is 2.67 bits per heavy atom. The summed E-state index contributed by atoms with van der Waals surface area (Å²) in [6.45, 7) is 0.